The minimum absolute atomic E-state index is 0.181. The summed E-state index contributed by atoms with van der Waals surface area (Å²) >= 11 is 4.53. The number of halogens is 1. The number of unbranched alkanes of at least 4 members (excludes halogenated alkanes) is 2. The van der Waals surface area contributed by atoms with Gasteiger partial charge in [-0.15, -0.1) is 0 Å². The molecule has 0 bridgehead atoms. The lowest BCUT2D eigenvalue weighted by Crippen LogP contribution is -2.32. The number of amides is 1. The van der Waals surface area contributed by atoms with Crippen LogP contribution in [0, 0.1) is 6.92 Å². The van der Waals surface area contributed by atoms with Crippen molar-refractivity contribution in [2.75, 3.05) is 18.1 Å². The van der Waals surface area contributed by atoms with Gasteiger partial charge in [0.2, 0.25) is 0 Å². The first-order valence-corrected chi connectivity index (χ1v) is 10.2. The first-order chi connectivity index (χ1) is 12.5. The van der Waals surface area contributed by atoms with Gasteiger partial charge in [-0.25, -0.2) is 9.78 Å². The van der Waals surface area contributed by atoms with Gasteiger partial charge < -0.3 is 4.74 Å². The van der Waals surface area contributed by atoms with E-state index in [-0.39, 0.29) is 5.91 Å². The van der Waals surface area contributed by atoms with Gasteiger partial charge in [0.25, 0.3) is 5.91 Å². The molecule has 6 nitrogen and oxygen atoms in total. The molecule has 0 aliphatic carbocycles. The molecule has 0 saturated heterocycles. The Kier molecular flexibility index (Phi) is 7.71. The van der Waals surface area contributed by atoms with Crippen LogP contribution in [0.4, 0.5) is 5.13 Å². The summed E-state index contributed by atoms with van der Waals surface area (Å²) in [5.74, 6) is -0.585. The van der Waals surface area contributed by atoms with Crippen molar-refractivity contribution in [1.82, 2.24) is 9.97 Å². The van der Waals surface area contributed by atoms with Gasteiger partial charge in [-0.1, -0.05) is 31.1 Å². The fraction of sp³-hybridized carbons (Fsp3) is 0.444. The lowest BCUT2D eigenvalue weighted by molar-refractivity contribution is 0.0531. The van der Waals surface area contributed by atoms with Crippen molar-refractivity contribution < 1.29 is 14.3 Å². The van der Waals surface area contributed by atoms with Crippen LogP contribution in [-0.2, 0) is 4.74 Å². The number of hydrogen-bond acceptors (Lipinski definition) is 6. The van der Waals surface area contributed by atoms with Crippen LogP contribution in [0.2, 0.25) is 0 Å². The second-order valence-corrected chi connectivity index (χ2v) is 7.58. The normalized spacial score (nSPS) is 10.6. The Bertz CT molecular complexity index is 779. The molecule has 140 valence electrons. The molecule has 0 atom stereocenters. The van der Waals surface area contributed by atoms with E-state index in [1.54, 1.807) is 31.0 Å². The van der Waals surface area contributed by atoms with Crippen molar-refractivity contribution in [3.05, 3.63) is 39.1 Å². The van der Waals surface area contributed by atoms with Crippen LogP contribution in [0.15, 0.2) is 22.9 Å². The number of aryl methyl sites for hydroxylation is 1. The molecule has 2 aromatic rings. The molecule has 0 aliphatic rings. The van der Waals surface area contributed by atoms with Crippen LogP contribution in [0.1, 0.15) is 58.8 Å². The second-order valence-electron chi connectivity index (χ2n) is 5.69. The topological polar surface area (TPSA) is 72.4 Å². The van der Waals surface area contributed by atoms with E-state index in [4.69, 9.17) is 4.74 Å². The van der Waals surface area contributed by atoms with Gasteiger partial charge in [-0.2, -0.15) is 0 Å². The number of thiazole rings is 1. The average molecular weight is 440 g/mol. The molecule has 0 aliphatic heterocycles. The second kappa shape index (κ2) is 9.78. The van der Waals surface area contributed by atoms with Crippen molar-refractivity contribution >= 4 is 44.3 Å². The molecule has 2 rings (SSSR count). The first kappa shape index (κ1) is 20.5. The maximum Gasteiger partial charge on any atom is 0.350 e. The van der Waals surface area contributed by atoms with Crippen molar-refractivity contribution in [1.29, 1.82) is 0 Å². The zero-order valence-electron chi connectivity index (χ0n) is 15.1. The third-order valence-corrected chi connectivity index (χ3v) is 5.25. The molecule has 0 N–H and O–H groups in total. The van der Waals surface area contributed by atoms with Crippen molar-refractivity contribution in [2.45, 2.75) is 40.0 Å². The number of carbonyl (C=O) groups is 2. The Morgan fingerprint density at radius 3 is 2.69 bits per heavy atom. The maximum absolute atomic E-state index is 13.0. The summed E-state index contributed by atoms with van der Waals surface area (Å²) in [6.07, 6.45) is 6.08. The summed E-state index contributed by atoms with van der Waals surface area (Å²) in [6, 6.07) is 1.73. The Hall–Kier alpha value is -1.80. The minimum Gasteiger partial charge on any atom is -0.462 e. The van der Waals surface area contributed by atoms with Crippen molar-refractivity contribution in [3.8, 4) is 0 Å². The highest BCUT2D eigenvalue weighted by molar-refractivity contribution is 9.10. The lowest BCUT2D eigenvalue weighted by atomic mass is 10.2. The van der Waals surface area contributed by atoms with E-state index >= 15 is 0 Å². The van der Waals surface area contributed by atoms with Crippen molar-refractivity contribution in [3.63, 3.8) is 0 Å². The van der Waals surface area contributed by atoms with E-state index in [2.05, 4.69) is 32.8 Å². The van der Waals surface area contributed by atoms with Gasteiger partial charge in [0.1, 0.15) is 4.88 Å². The summed E-state index contributed by atoms with van der Waals surface area (Å²) in [5.41, 5.74) is 1.05. The van der Waals surface area contributed by atoms with Gasteiger partial charge in [0.15, 0.2) is 5.13 Å². The third-order valence-electron chi connectivity index (χ3n) is 3.66. The number of pyridine rings is 1. The molecule has 0 spiro atoms. The number of ether oxygens (including phenoxy) is 1. The molecule has 0 unspecified atom stereocenters. The Morgan fingerprint density at radius 2 is 2.04 bits per heavy atom. The third kappa shape index (κ3) is 5.11. The summed E-state index contributed by atoms with van der Waals surface area (Å²) in [4.78, 5) is 35.7. The Balaban J connectivity index is 2.34. The predicted molar refractivity (Wildman–Crippen MR) is 106 cm³/mol. The molecule has 0 radical (unpaired) electrons. The van der Waals surface area contributed by atoms with Crippen LogP contribution in [0.3, 0.4) is 0 Å². The zero-order valence-corrected chi connectivity index (χ0v) is 17.5. The summed E-state index contributed by atoms with van der Waals surface area (Å²) < 4.78 is 5.81. The van der Waals surface area contributed by atoms with Crippen LogP contribution in [-0.4, -0.2) is 35.0 Å². The SMILES string of the molecule is CCCCCN(C(=O)c1cncc(Br)c1)c1nc(C)c(C(=O)OCC)s1. The molecule has 0 fully saturated rings. The Labute approximate surface area is 165 Å². The van der Waals surface area contributed by atoms with Crippen LogP contribution in [0.25, 0.3) is 0 Å². The molecule has 1 amide bonds. The number of nitrogens with zero attached hydrogens (tertiary/aromatic N) is 3. The fourth-order valence-electron chi connectivity index (χ4n) is 2.37. The van der Waals surface area contributed by atoms with E-state index in [1.165, 1.54) is 17.5 Å². The number of carbonyl (C=O) groups excluding carboxylic acids is 2. The zero-order chi connectivity index (χ0) is 19.1. The number of anilines is 1. The van der Waals surface area contributed by atoms with Crippen molar-refractivity contribution in [2.24, 2.45) is 0 Å². The molecule has 26 heavy (non-hydrogen) atoms. The predicted octanol–water partition coefficient (Wildman–Crippen LogP) is 4.62. The van der Waals surface area contributed by atoms with Crippen LogP contribution >= 0.6 is 27.3 Å². The highest BCUT2D eigenvalue weighted by atomic mass is 79.9. The van der Waals surface area contributed by atoms with E-state index in [9.17, 15) is 9.59 Å². The summed E-state index contributed by atoms with van der Waals surface area (Å²) in [6.45, 7) is 6.46. The molecular formula is C18H22BrN3O3S. The molecule has 8 heteroatoms. The van der Waals surface area contributed by atoms with Gasteiger partial charge in [-0.3, -0.25) is 14.7 Å². The standard InChI is InChI=1S/C18H22BrN3O3S/c1-4-6-7-8-22(16(23)13-9-14(19)11-20-10-13)18-21-12(3)15(26-18)17(24)25-5-2/h9-11H,4-8H2,1-3H3. The van der Waals surface area contributed by atoms with Gasteiger partial charge in [0, 0.05) is 23.4 Å². The van der Waals surface area contributed by atoms with E-state index < -0.39 is 5.97 Å². The molecule has 2 heterocycles. The van der Waals surface area contributed by atoms with E-state index in [0.717, 1.165) is 23.7 Å². The Morgan fingerprint density at radius 1 is 1.27 bits per heavy atom. The largest absolute Gasteiger partial charge is 0.462 e. The number of aromatic nitrogens is 2. The number of hydrogen-bond donors (Lipinski definition) is 0. The number of rotatable bonds is 8. The molecule has 2 aromatic heterocycles. The van der Waals surface area contributed by atoms with Gasteiger partial charge in [-0.05, 0) is 42.3 Å². The monoisotopic (exact) mass is 439 g/mol. The smallest absolute Gasteiger partial charge is 0.350 e. The molecule has 0 saturated carbocycles. The molecular weight excluding hydrogens is 418 g/mol. The molecule has 0 aromatic carbocycles. The highest BCUT2D eigenvalue weighted by Crippen LogP contribution is 2.28. The van der Waals surface area contributed by atoms with E-state index in [1.807, 2.05) is 0 Å². The minimum atomic E-state index is -0.404. The van der Waals surface area contributed by atoms with Crippen LogP contribution < -0.4 is 4.90 Å². The van der Waals surface area contributed by atoms with Gasteiger partial charge in [0.05, 0.1) is 17.9 Å². The first-order valence-electron chi connectivity index (χ1n) is 8.54. The number of esters is 1. The van der Waals surface area contributed by atoms with Gasteiger partial charge >= 0.3 is 5.97 Å². The van der Waals surface area contributed by atoms with Crippen LogP contribution in [0.5, 0.6) is 0 Å². The lowest BCUT2D eigenvalue weighted by Gasteiger charge is -2.19. The highest BCUT2D eigenvalue weighted by Gasteiger charge is 2.24. The van der Waals surface area contributed by atoms with E-state index in [0.29, 0.717) is 34.4 Å². The quantitative estimate of drug-likeness (QED) is 0.442. The summed E-state index contributed by atoms with van der Waals surface area (Å²) in [7, 11) is 0. The maximum atomic E-state index is 13.0. The average Bonchev–Trinajstić information content (AvgIpc) is 3.00. The fourth-order valence-corrected chi connectivity index (χ4v) is 3.72. The summed E-state index contributed by atoms with van der Waals surface area (Å²) in [5, 5.41) is 0.506.